The minimum Gasteiger partial charge on any atom is -0.388 e. The van der Waals surface area contributed by atoms with Crippen LogP contribution >= 0.6 is 0 Å². The maximum Gasteiger partial charge on any atom is 0.234 e. The summed E-state index contributed by atoms with van der Waals surface area (Å²) >= 11 is 0. The van der Waals surface area contributed by atoms with Gasteiger partial charge >= 0.3 is 0 Å². The van der Waals surface area contributed by atoms with Crippen LogP contribution < -0.4 is 10.6 Å². The fraction of sp³-hybridized carbons (Fsp3) is 0.882. The van der Waals surface area contributed by atoms with E-state index in [0.29, 0.717) is 19.1 Å². The van der Waals surface area contributed by atoms with E-state index in [1.807, 2.05) is 0 Å². The van der Waals surface area contributed by atoms with Gasteiger partial charge in [0.25, 0.3) is 0 Å². The maximum absolute atomic E-state index is 11.9. The predicted molar refractivity (Wildman–Crippen MR) is 94.0 cm³/mol. The van der Waals surface area contributed by atoms with Crippen molar-refractivity contribution in [3.05, 3.63) is 0 Å². The van der Waals surface area contributed by atoms with Crippen molar-refractivity contribution in [2.75, 3.05) is 45.8 Å². The molecule has 3 fully saturated rings. The molecule has 1 amide bonds. The van der Waals surface area contributed by atoms with E-state index in [1.165, 1.54) is 0 Å². The Hall–Kier alpha value is -1.34. The maximum atomic E-state index is 11.9. The third-order valence-corrected chi connectivity index (χ3v) is 5.12. The van der Waals surface area contributed by atoms with E-state index in [2.05, 4.69) is 32.3 Å². The van der Waals surface area contributed by atoms with Crippen molar-refractivity contribution in [3.63, 3.8) is 0 Å². The Morgan fingerprint density at radius 3 is 2.50 bits per heavy atom. The largest absolute Gasteiger partial charge is 0.388 e. The highest BCUT2D eigenvalue weighted by Crippen LogP contribution is 2.31. The summed E-state index contributed by atoms with van der Waals surface area (Å²) in [6.07, 6.45) is 5.09. The zero-order chi connectivity index (χ0) is 17.0. The van der Waals surface area contributed by atoms with Crippen LogP contribution in [0, 0.1) is 0 Å². The third-order valence-electron chi connectivity index (χ3n) is 5.12. The summed E-state index contributed by atoms with van der Waals surface area (Å²) in [5, 5.41) is 16.6. The Labute approximate surface area is 144 Å². The number of nitrogens with zero attached hydrogens (tertiary/aromatic N) is 3. The Morgan fingerprint density at radius 2 is 1.96 bits per heavy atom. The van der Waals surface area contributed by atoms with Gasteiger partial charge in [0.2, 0.25) is 5.91 Å². The molecule has 0 aromatic carbocycles. The van der Waals surface area contributed by atoms with Gasteiger partial charge in [-0.1, -0.05) is 0 Å². The van der Waals surface area contributed by atoms with Crippen molar-refractivity contribution in [3.8, 4) is 0 Å². The van der Waals surface area contributed by atoms with Gasteiger partial charge in [-0.2, -0.15) is 0 Å². The molecule has 3 aliphatic rings. The van der Waals surface area contributed by atoms with Crippen LogP contribution in [0.3, 0.4) is 0 Å². The lowest BCUT2D eigenvalue weighted by Crippen LogP contribution is -2.54. The van der Waals surface area contributed by atoms with Crippen LogP contribution in [0.4, 0.5) is 0 Å². The molecule has 0 radical (unpaired) electrons. The molecule has 3 N–H and O–H groups in total. The number of aliphatic hydroxyl groups is 1. The molecule has 1 heterocycles. The van der Waals surface area contributed by atoms with Gasteiger partial charge in [0.1, 0.15) is 0 Å². The zero-order valence-electron chi connectivity index (χ0n) is 14.8. The molecule has 0 spiro atoms. The van der Waals surface area contributed by atoms with Gasteiger partial charge in [-0.3, -0.25) is 14.7 Å². The van der Waals surface area contributed by atoms with Crippen LogP contribution in [-0.4, -0.2) is 84.2 Å². The molecule has 0 aromatic heterocycles. The number of piperazine rings is 1. The summed E-state index contributed by atoms with van der Waals surface area (Å²) in [6, 6.07) is 0.434. The summed E-state index contributed by atoms with van der Waals surface area (Å²) in [5.41, 5.74) is -0.580. The topological polar surface area (TPSA) is 80.2 Å². The average molecular weight is 337 g/mol. The first-order valence-corrected chi connectivity index (χ1v) is 9.35. The molecule has 1 saturated heterocycles. The lowest BCUT2D eigenvalue weighted by atomic mass is 9.80. The quantitative estimate of drug-likeness (QED) is 0.461. The van der Waals surface area contributed by atoms with Gasteiger partial charge in [0.05, 0.1) is 18.7 Å². The van der Waals surface area contributed by atoms with Crippen LogP contribution in [0.5, 0.6) is 0 Å². The second-order valence-corrected chi connectivity index (χ2v) is 7.35. The Morgan fingerprint density at radius 1 is 1.25 bits per heavy atom. The van der Waals surface area contributed by atoms with Gasteiger partial charge in [0.15, 0.2) is 5.96 Å². The molecule has 1 aliphatic heterocycles. The second kappa shape index (κ2) is 7.70. The lowest BCUT2D eigenvalue weighted by Gasteiger charge is -2.38. The standard InChI is InChI=1S/C17H31N5O2/c1-2-18-16(19-13-17(24)6-3-7-17)22-10-8-21(9-11-22)12-15(23)20-14-4-5-14/h14,24H,2-13H2,1H3,(H,18,19)(H,20,23). The molecule has 0 aromatic rings. The summed E-state index contributed by atoms with van der Waals surface area (Å²) < 4.78 is 0. The van der Waals surface area contributed by atoms with Crippen LogP contribution in [0.2, 0.25) is 0 Å². The zero-order valence-corrected chi connectivity index (χ0v) is 14.8. The number of aliphatic imine (C=N–C) groups is 1. The van der Waals surface area contributed by atoms with Crippen molar-refractivity contribution in [1.82, 2.24) is 20.4 Å². The summed E-state index contributed by atoms with van der Waals surface area (Å²) in [5.74, 6) is 1.04. The SMILES string of the molecule is CCNC(=NCC1(O)CCC1)N1CCN(CC(=O)NC2CC2)CC1. The number of hydrogen-bond acceptors (Lipinski definition) is 4. The van der Waals surface area contributed by atoms with E-state index in [9.17, 15) is 9.90 Å². The van der Waals surface area contributed by atoms with E-state index in [4.69, 9.17) is 0 Å². The Bertz CT molecular complexity index is 466. The van der Waals surface area contributed by atoms with E-state index in [-0.39, 0.29) is 5.91 Å². The lowest BCUT2D eigenvalue weighted by molar-refractivity contribution is -0.122. The Balaban J connectivity index is 1.45. The molecule has 0 atom stereocenters. The van der Waals surface area contributed by atoms with Crippen LogP contribution in [0.1, 0.15) is 39.0 Å². The number of rotatable bonds is 6. The molecule has 7 nitrogen and oxygen atoms in total. The molecule has 0 bridgehead atoms. The van der Waals surface area contributed by atoms with E-state index < -0.39 is 5.60 Å². The average Bonchev–Trinajstić information content (AvgIpc) is 3.34. The normalized spacial score (nSPS) is 24.4. The van der Waals surface area contributed by atoms with Gasteiger partial charge in [-0.25, -0.2) is 0 Å². The van der Waals surface area contributed by atoms with Gasteiger partial charge in [-0.05, 0) is 39.0 Å². The number of carbonyl (C=O) groups excluding carboxylic acids is 1. The number of guanidine groups is 1. The van der Waals surface area contributed by atoms with Crippen molar-refractivity contribution in [2.45, 2.75) is 50.7 Å². The van der Waals surface area contributed by atoms with Crippen LogP contribution in [0.15, 0.2) is 4.99 Å². The number of hydrogen-bond donors (Lipinski definition) is 3. The van der Waals surface area contributed by atoms with Gasteiger partial charge < -0.3 is 20.6 Å². The molecule has 7 heteroatoms. The summed E-state index contributed by atoms with van der Waals surface area (Å²) in [6.45, 7) is 7.33. The molecule has 0 unspecified atom stereocenters. The minimum atomic E-state index is -0.580. The van der Waals surface area contributed by atoms with Crippen molar-refractivity contribution in [2.24, 2.45) is 4.99 Å². The first kappa shape index (κ1) is 17.5. The van der Waals surface area contributed by atoms with Crippen molar-refractivity contribution in [1.29, 1.82) is 0 Å². The molecule has 2 aliphatic carbocycles. The van der Waals surface area contributed by atoms with E-state index >= 15 is 0 Å². The molecule has 136 valence electrons. The van der Waals surface area contributed by atoms with Crippen molar-refractivity contribution < 1.29 is 9.90 Å². The monoisotopic (exact) mass is 337 g/mol. The smallest absolute Gasteiger partial charge is 0.234 e. The fourth-order valence-electron chi connectivity index (χ4n) is 3.21. The van der Waals surface area contributed by atoms with E-state index in [0.717, 1.165) is 70.8 Å². The Kier molecular flexibility index (Phi) is 5.61. The van der Waals surface area contributed by atoms with Gasteiger partial charge in [-0.15, -0.1) is 0 Å². The highest BCUT2D eigenvalue weighted by atomic mass is 16.3. The summed E-state index contributed by atoms with van der Waals surface area (Å²) in [7, 11) is 0. The molecule has 24 heavy (non-hydrogen) atoms. The number of amides is 1. The summed E-state index contributed by atoms with van der Waals surface area (Å²) in [4.78, 5) is 21.0. The first-order valence-electron chi connectivity index (χ1n) is 9.35. The fourth-order valence-corrected chi connectivity index (χ4v) is 3.21. The van der Waals surface area contributed by atoms with E-state index in [1.54, 1.807) is 0 Å². The molecule has 2 saturated carbocycles. The molecular formula is C17H31N5O2. The number of nitrogens with one attached hydrogen (secondary N) is 2. The highest BCUT2D eigenvalue weighted by molar-refractivity contribution is 5.80. The second-order valence-electron chi connectivity index (χ2n) is 7.35. The number of carbonyl (C=O) groups is 1. The predicted octanol–water partition coefficient (Wildman–Crippen LogP) is -0.237. The van der Waals surface area contributed by atoms with Crippen LogP contribution in [-0.2, 0) is 4.79 Å². The van der Waals surface area contributed by atoms with Crippen molar-refractivity contribution >= 4 is 11.9 Å². The molecular weight excluding hydrogens is 306 g/mol. The third kappa shape index (κ3) is 4.83. The van der Waals surface area contributed by atoms with Crippen LogP contribution in [0.25, 0.3) is 0 Å². The molecule has 3 rings (SSSR count). The minimum absolute atomic E-state index is 0.152. The first-order chi connectivity index (χ1) is 11.6. The highest BCUT2D eigenvalue weighted by Gasteiger charge is 2.34. The van der Waals surface area contributed by atoms with Gasteiger partial charge in [0, 0.05) is 38.8 Å².